The van der Waals surface area contributed by atoms with Crippen molar-refractivity contribution in [3.8, 4) is 0 Å². The quantitative estimate of drug-likeness (QED) is 0.429. The molecule has 0 atom stereocenters. The van der Waals surface area contributed by atoms with Gasteiger partial charge in [-0.1, -0.05) is 40.2 Å². The summed E-state index contributed by atoms with van der Waals surface area (Å²) in [5.41, 5.74) is 7.05. The van der Waals surface area contributed by atoms with Crippen molar-refractivity contribution in [3.05, 3.63) is 81.8 Å². The maximum Gasteiger partial charge on any atom is 0.416 e. The number of carbonyl (C=O) groups is 1. The highest BCUT2D eigenvalue weighted by Gasteiger charge is 2.31. The molecule has 0 radical (unpaired) electrons. The number of amides is 1. The number of benzene rings is 3. The van der Waals surface area contributed by atoms with Gasteiger partial charge in [0.15, 0.2) is 0 Å². The topological polar surface area (TPSA) is 48.0 Å². The normalized spacial score (nSPS) is 12.0. The van der Waals surface area contributed by atoms with E-state index in [2.05, 4.69) is 15.9 Å². The van der Waals surface area contributed by atoms with Crippen molar-refractivity contribution in [1.29, 1.82) is 0 Å². The van der Waals surface area contributed by atoms with Crippen LogP contribution in [-0.4, -0.2) is 10.5 Å². The van der Waals surface area contributed by atoms with Crippen LogP contribution in [0.25, 0.3) is 21.8 Å². The van der Waals surface area contributed by atoms with Gasteiger partial charge in [0.2, 0.25) is 5.91 Å². The Hall–Kier alpha value is -2.80. The van der Waals surface area contributed by atoms with Crippen LogP contribution in [0.2, 0.25) is 0 Å². The lowest BCUT2D eigenvalue weighted by Crippen LogP contribution is -2.11. The second-order valence-corrected chi connectivity index (χ2v) is 7.42. The molecule has 0 aliphatic heterocycles. The SMILES string of the molecule is NC(=O)c1cccc2c1c1ccc(C(F)(F)F)cc1n2Cc1ccc(Br)cc1. The first kappa shape index (κ1) is 18.6. The third kappa shape index (κ3) is 3.16. The van der Waals surface area contributed by atoms with E-state index in [-0.39, 0.29) is 5.56 Å². The van der Waals surface area contributed by atoms with E-state index >= 15 is 0 Å². The summed E-state index contributed by atoms with van der Waals surface area (Å²) in [5, 5.41) is 1.13. The molecule has 0 spiro atoms. The van der Waals surface area contributed by atoms with Crippen LogP contribution < -0.4 is 5.73 Å². The van der Waals surface area contributed by atoms with E-state index in [4.69, 9.17) is 5.73 Å². The van der Waals surface area contributed by atoms with Crippen molar-refractivity contribution in [1.82, 2.24) is 4.57 Å². The third-order valence-corrected chi connectivity index (χ3v) is 5.27. The van der Waals surface area contributed by atoms with Gasteiger partial charge >= 0.3 is 6.18 Å². The van der Waals surface area contributed by atoms with E-state index in [1.807, 2.05) is 24.3 Å². The zero-order valence-electron chi connectivity index (χ0n) is 14.4. The highest BCUT2D eigenvalue weighted by Crippen LogP contribution is 2.37. The van der Waals surface area contributed by atoms with Gasteiger partial charge in [-0.15, -0.1) is 0 Å². The molecule has 4 aromatic rings. The van der Waals surface area contributed by atoms with Gasteiger partial charge < -0.3 is 10.3 Å². The molecule has 7 heteroatoms. The summed E-state index contributed by atoms with van der Waals surface area (Å²) < 4.78 is 42.6. The highest BCUT2D eigenvalue weighted by atomic mass is 79.9. The minimum atomic E-state index is -4.46. The smallest absolute Gasteiger partial charge is 0.366 e. The number of fused-ring (bicyclic) bond motifs is 3. The highest BCUT2D eigenvalue weighted by molar-refractivity contribution is 9.10. The fourth-order valence-corrected chi connectivity index (χ4v) is 3.73. The molecule has 0 aliphatic rings. The van der Waals surface area contributed by atoms with Crippen molar-refractivity contribution < 1.29 is 18.0 Å². The molecule has 0 saturated carbocycles. The van der Waals surface area contributed by atoms with Crippen molar-refractivity contribution in [2.75, 3.05) is 0 Å². The summed E-state index contributed by atoms with van der Waals surface area (Å²) in [5.74, 6) is -0.617. The maximum atomic E-state index is 13.3. The Balaban J connectivity index is 2.04. The molecule has 0 unspecified atom stereocenters. The molecule has 1 heterocycles. The standard InChI is InChI=1S/C21H14BrF3N2O/c22-14-7-4-12(5-8-14)11-27-17-3-1-2-16(20(26)28)19(17)15-9-6-13(10-18(15)27)21(23,24)25/h1-10H,11H2,(H2,26,28). The van der Waals surface area contributed by atoms with Crippen LogP contribution in [0.5, 0.6) is 0 Å². The summed E-state index contributed by atoms with van der Waals surface area (Å²) >= 11 is 3.38. The van der Waals surface area contributed by atoms with Crippen LogP contribution in [-0.2, 0) is 12.7 Å². The Labute approximate surface area is 166 Å². The van der Waals surface area contributed by atoms with Crippen LogP contribution in [0.1, 0.15) is 21.5 Å². The second kappa shape index (κ2) is 6.67. The van der Waals surface area contributed by atoms with E-state index in [0.29, 0.717) is 28.4 Å². The van der Waals surface area contributed by atoms with Crippen molar-refractivity contribution in [2.45, 2.75) is 12.7 Å². The van der Waals surface area contributed by atoms with E-state index in [1.165, 1.54) is 6.07 Å². The summed E-state index contributed by atoms with van der Waals surface area (Å²) in [6.45, 7) is 0.358. The zero-order valence-corrected chi connectivity index (χ0v) is 16.0. The minimum absolute atomic E-state index is 0.289. The summed E-state index contributed by atoms with van der Waals surface area (Å²) in [7, 11) is 0. The van der Waals surface area contributed by atoms with Crippen molar-refractivity contribution >= 4 is 43.6 Å². The van der Waals surface area contributed by atoms with E-state index in [9.17, 15) is 18.0 Å². The Morgan fingerprint density at radius 3 is 2.36 bits per heavy atom. The predicted octanol–water partition coefficient (Wildman–Crippen LogP) is 5.72. The molecule has 3 aromatic carbocycles. The first-order chi connectivity index (χ1) is 13.3. The first-order valence-electron chi connectivity index (χ1n) is 8.42. The number of alkyl halides is 3. The lowest BCUT2D eigenvalue weighted by Gasteiger charge is -2.10. The van der Waals surface area contributed by atoms with Crippen LogP contribution >= 0.6 is 15.9 Å². The van der Waals surface area contributed by atoms with Crippen LogP contribution in [0.4, 0.5) is 13.2 Å². The average molecular weight is 447 g/mol. The van der Waals surface area contributed by atoms with Crippen molar-refractivity contribution in [2.24, 2.45) is 5.73 Å². The molecular weight excluding hydrogens is 433 g/mol. The van der Waals surface area contributed by atoms with Crippen molar-refractivity contribution in [3.63, 3.8) is 0 Å². The molecule has 0 saturated heterocycles. The molecular formula is C21H14BrF3N2O. The van der Waals surface area contributed by atoms with Gasteiger partial charge in [-0.05, 0) is 42.0 Å². The fourth-order valence-electron chi connectivity index (χ4n) is 3.47. The molecule has 1 aromatic heterocycles. The molecule has 28 heavy (non-hydrogen) atoms. The molecule has 0 bridgehead atoms. The van der Waals surface area contributed by atoms with E-state index in [1.54, 1.807) is 22.8 Å². The minimum Gasteiger partial charge on any atom is -0.366 e. The third-order valence-electron chi connectivity index (χ3n) is 4.74. The molecule has 2 N–H and O–H groups in total. The summed E-state index contributed by atoms with van der Waals surface area (Å²) in [4.78, 5) is 11.9. The van der Waals surface area contributed by atoms with Crippen LogP contribution in [0.15, 0.2) is 65.1 Å². The number of carbonyl (C=O) groups excluding carboxylic acids is 1. The molecule has 0 aliphatic carbocycles. The number of aromatic nitrogens is 1. The van der Waals surface area contributed by atoms with Crippen LogP contribution in [0, 0.1) is 0 Å². The number of nitrogens with two attached hydrogens (primary N) is 1. The van der Waals surface area contributed by atoms with Gasteiger partial charge in [-0.3, -0.25) is 4.79 Å². The van der Waals surface area contributed by atoms with Crippen LogP contribution in [0.3, 0.4) is 0 Å². The molecule has 1 amide bonds. The number of hydrogen-bond donors (Lipinski definition) is 1. The Morgan fingerprint density at radius 1 is 1.00 bits per heavy atom. The Morgan fingerprint density at radius 2 is 1.71 bits per heavy atom. The molecule has 4 rings (SSSR count). The number of rotatable bonds is 3. The monoisotopic (exact) mass is 446 g/mol. The molecule has 3 nitrogen and oxygen atoms in total. The van der Waals surface area contributed by atoms with Gasteiger partial charge in [0.05, 0.1) is 16.6 Å². The number of hydrogen-bond acceptors (Lipinski definition) is 1. The number of nitrogens with zero attached hydrogens (tertiary/aromatic N) is 1. The summed E-state index contributed by atoms with van der Waals surface area (Å²) in [6, 6.07) is 16.2. The lowest BCUT2D eigenvalue weighted by atomic mass is 10.0. The lowest BCUT2D eigenvalue weighted by molar-refractivity contribution is -0.137. The van der Waals surface area contributed by atoms with Gasteiger partial charge in [-0.2, -0.15) is 13.2 Å². The average Bonchev–Trinajstić information content (AvgIpc) is 2.96. The summed E-state index contributed by atoms with van der Waals surface area (Å²) in [6.07, 6.45) is -4.46. The van der Waals surface area contributed by atoms with Gasteiger partial charge in [0, 0.05) is 27.4 Å². The van der Waals surface area contributed by atoms with Gasteiger partial charge in [0.25, 0.3) is 0 Å². The molecule has 0 fully saturated rings. The second-order valence-electron chi connectivity index (χ2n) is 6.51. The zero-order chi connectivity index (χ0) is 20.1. The van der Waals surface area contributed by atoms with Gasteiger partial charge in [0.1, 0.15) is 0 Å². The Kier molecular flexibility index (Phi) is 4.42. The van der Waals surface area contributed by atoms with Gasteiger partial charge in [-0.25, -0.2) is 0 Å². The Bertz CT molecular complexity index is 1210. The largest absolute Gasteiger partial charge is 0.416 e. The fraction of sp³-hybridized carbons (Fsp3) is 0.0952. The predicted molar refractivity (Wildman–Crippen MR) is 106 cm³/mol. The number of primary amides is 1. The molecule has 142 valence electrons. The maximum absolute atomic E-state index is 13.3. The van der Waals surface area contributed by atoms with E-state index in [0.717, 1.165) is 22.2 Å². The number of halogens is 4. The van der Waals surface area contributed by atoms with E-state index < -0.39 is 17.6 Å². The first-order valence-corrected chi connectivity index (χ1v) is 9.21.